The number of hydrogen-bond acceptors (Lipinski definition) is 11. The van der Waals surface area contributed by atoms with E-state index in [2.05, 4.69) is 27.7 Å². The SMILES string of the molecule is CCC1(C2OC(C3OC(CO)(OCC(=O)O)C(C)CC3C)CC2C)CCC(C2(C)CCC3(CC(O)C(C)C(C(C)C(OC)C(C)C(=O)O)O3)O2)O1. The molecule has 0 aliphatic carbocycles. The summed E-state index contributed by atoms with van der Waals surface area (Å²) >= 11 is 0. The number of aliphatic carboxylic acids is 2. The van der Waals surface area contributed by atoms with Crippen LogP contribution < -0.4 is 0 Å². The van der Waals surface area contributed by atoms with E-state index in [1.165, 1.54) is 7.11 Å². The summed E-state index contributed by atoms with van der Waals surface area (Å²) < 4.78 is 45.6. The molecule has 13 nitrogen and oxygen atoms in total. The van der Waals surface area contributed by atoms with Gasteiger partial charge in [-0.05, 0) is 64.2 Å². The van der Waals surface area contributed by atoms with Gasteiger partial charge >= 0.3 is 11.9 Å². The molecule has 0 aromatic carbocycles. The Morgan fingerprint density at radius 1 is 0.980 bits per heavy atom. The number of methoxy groups -OCH3 is 1. The molecular formula is C38H64O13. The van der Waals surface area contributed by atoms with Crippen LogP contribution in [0, 0.1) is 35.5 Å². The van der Waals surface area contributed by atoms with Crippen LogP contribution in [0.4, 0.5) is 0 Å². The van der Waals surface area contributed by atoms with Crippen molar-refractivity contribution in [2.45, 2.75) is 172 Å². The number of ether oxygens (including phenoxy) is 7. The highest BCUT2D eigenvalue weighted by molar-refractivity contribution is 5.70. The quantitative estimate of drug-likeness (QED) is 0.210. The van der Waals surface area contributed by atoms with Gasteiger partial charge in [-0.15, -0.1) is 0 Å². The fourth-order valence-corrected chi connectivity index (χ4v) is 10.3. The molecule has 0 radical (unpaired) electrons. The number of hydrogen-bond donors (Lipinski definition) is 4. The summed E-state index contributed by atoms with van der Waals surface area (Å²) in [4.78, 5) is 23.2. The van der Waals surface area contributed by atoms with Crippen LogP contribution in [-0.4, -0.2) is 118 Å². The van der Waals surface area contributed by atoms with Gasteiger partial charge in [0, 0.05) is 37.7 Å². The molecule has 5 rings (SSSR count). The first-order valence-corrected chi connectivity index (χ1v) is 19.2. The van der Waals surface area contributed by atoms with Gasteiger partial charge in [0.2, 0.25) is 0 Å². The minimum atomic E-state index is -1.41. The van der Waals surface area contributed by atoms with E-state index in [0.717, 1.165) is 25.7 Å². The lowest BCUT2D eigenvalue weighted by atomic mass is 9.78. The average Bonchev–Trinajstić information content (AvgIpc) is 3.79. The van der Waals surface area contributed by atoms with Crippen molar-refractivity contribution < 1.29 is 63.2 Å². The number of carboxylic acids is 2. The number of aliphatic hydroxyl groups is 2. The maximum absolute atomic E-state index is 11.9. The minimum absolute atomic E-state index is 0.104. The van der Waals surface area contributed by atoms with Gasteiger partial charge in [-0.1, -0.05) is 41.5 Å². The van der Waals surface area contributed by atoms with Gasteiger partial charge < -0.3 is 53.6 Å². The number of carboxylic acid groups (broad SMARTS) is 2. The molecule has 0 saturated carbocycles. The zero-order valence-electron chi connectivity index (χ0n) is 32.0. The lowest BCUT2D eigenvalue weighted by Gasteiger charge is -2.49. The molecule has 13 heteroatoms. The van der Waals surface area contributed by atoms with E-state index in [4.69, 9.17) is 33.2 Å². The molecule has 0 aromatic heterocycles. The van der Waals surface area contributed by atoms with Crippen molar-refractivity contribution in [3.63, 3.8) is 0 Å². The predicted octanol–water partition coefficient (Wildman–Crippen LogP) is 4.38. The van der Waals surface area contributed by atoms with Crippen molar-refractivity contribution in [2.24, 2.45) is 35.5 Å². The highest BCUT2D eigenvalue weighted by Crippen LogP contribution is 2.55. The van der Waals surface area contributed by atoms with E-state index in [-0.39, 0.29) is 54.0 Å². The van der Waals surface area contributed by atoms with Crippen LogP contribution in [0.3, 0.4) is 0 Å². The van der Waals surface area contributed by atoms with E-state index in [0.29, 0.717) is 25.7 Å². The molecule has 294 valence electrons. The Labute approximate surface area is 303 Å². The molecule has 0 amide bonds. The van der Waals surface area contributed by atoms with Gasteiger partial charge in [-0.3, -0.25) is 4.79 Å². The first-order valence-electron chi connectivity index (χ1n) is 19.2. The smallest absolute Gasteiger partial charge is 0.329 e. The summed E-state index contributed by atoms with van der Waals surface area (Å²) in [5, 5.41) is 40.6. The molecule has 5 aliphatic rings. The van der Waals surface area contributed by atoms with Gasteiger partial charge in [-0.25, -0.2) is 4.79 Å². The third-order valence-electron chi connectivity index (χ3n) is 13.5. The zero-order chi connectivity index (χ0) is 37.7. The summed E-state index contributed by atoms with van der Waals surface area (Å²) in [5.41, 5.74) is -1.24. The molecule has 17 atom stereocenters. The minimum Gasteiger partial charge on any atom is -0.481 e. The van der Waals surface area contributed by atoms with Crippen molar-refractivity contribution in [3.8, 4) is 0 Å². The van der Waals surface area contributed by atoms with Crippen LogP contribution >= 0.6 is 0 Å². The van der Waals surface area contributed by atoms with Gasteiger partial charge in [-0.2, -0.15) is 0 Å². The third-order valence-corrected chi connectivity index (χ3v) is 13.5. The lowest BCUT2D eigenvalue weighted by molar-refractivity contribution is -0.340. The first kappa shape index (κ1) is 40.8. The Bertz CT molecular complexity index is 1230. The molecule has 5 aliphatic heterocycles. The number of carbonyl (C=O) groups is 2. The van der Waals surface area contributed by atoms with Gasteiger partial charge in [0.15, 0.2) is 11.6 Å². The standard InChI is InChI=1S/C38H64O13/c1-10-36(33-21(3)16-27(47-33)30-20(2)15-22(4)38(19-39,50-30)46-18-29(41)42)12-11-28(48-36)35(8)13-14-37(51-35)17-26(40)23(5)32(49-37)24(6)31(45-9)25(7)34(43)44/h20-28,30-33,39-40H,10-19H2,1-9H3,(H,41,42)(H,43,44). The van der Waals surface area contributed by atoms with Crippen molar-refractivity contribution in [2.75, 3.05) is 20.3 Å². The summed E-state index contributed by atoms with van der Waals surface area (Å²) in [5.74, 6) is -5.76. The highest BCUT2D eigenvalue weighted by atomic mass is 16.7. The molecule has 17 unspecified atom stereocenters. The molecule has 1 spiro atoms. The Kier molecular flexibility index (Phi) is 12.3. The van der Waals surface area contributed by atoms with Crippen LogP contribution in [-0.2, 0) is 42.7 Å². The first-order chi connectivity index (χ1) is 23.9. The molecule has 5 heterocycles. The van der Waals surface area contributed by atoms with Crippen LogP contribution in [0.1, 0.15) is 107 Å². The maximum Gasteiger partial charge on any atom is 0.329 e. The number of aliphatic hydroxyl groups excluding tert-OH is 2. The molecular weight excluding hydrogens is 664 g/mol. The predicted molar refractivity (Wildman–Crippen MR) is 184 cm³/mol. The Hall–Kier alpha value is -1.42. The van der Waals surface area contributed by atoms with E-state index >= 15 is 0 Å². The van der Waals surface area contributed by atoms with Crippen LogP contribution in [0.5, 0.6) is 0 Å². The van der Waals surface area contributed by atoms with Crippen LogP contribution in [0.15, 0.2) is 0 Å². The van der Waals surface area contributed by atoms with E-state index in [1.54, 1.807) is 6.92 Å². The molecule has 0 aromatic rings. The van der Waals surface area contributed by atoms with Crippen molar-refractivity contribution in [1.82, 2.24) is 0 Å². The summed E-state index contributed by atoms with van der Waals surface area (Å²) in [7, 11) is 1.51. The van der Waals surface area contributed by atoms with Crippen LogP contribution in [0.25, 0.3) is 0 Å². The second kappa shape index (κ2) is 15.4. The molecule has 4 N–H and O–H groups in total. The Balaban J connectivity index is 1.29. The third kappa shape index (κ3) is 7.62. The Morgan fingerprint density at radius 3 is 2.29 bits per heavy atom. The second-order valence-electron chi connectivity index (χ2n) is 16.9. The summed E-state index contributed by atoms with van der Waals surface area (Å²) in [6.07, 6.45) is 2.39. The molecule has 51 heavy (non-hydrogen) atoms. The fourth-order valence-electron chi connectivity index (χ4n) is 10.3. The monoisotopic (exact) mass is 728 g/mol. The summed E-state index contributed by atoms with van der Waals surface area (Å²) in [6, 6.07) is 0. The van der Waals surface area contributed by atoms with Crippen LogP contribution in [0.2, 0.25) is 0 Å². The van der Waals surface area contributed by atoms with Crippen molar-refractivity contribution in [1.29, 1.82) is 0 Å². The Morgan fingerprint density at radius 2 is 1.69 bits per heavy atom. The van der Waals surface area contributed by atoms with Crippen molar-refractivity contribution in [3.05, 3.63) is 0 Å². The summed E-state index contributed by atoms with van der Waals surface area (Å²) in [6.45, 7) is 14.9. The largest absolute Gasteiger partial charge is 0.481 e. The van der Waals surface area contributed by atoms with Crippen molar-refractivity contribution >= 4 is 11.9 Å². The van der Waals surface area contributed by atoms with Gasteiger partial charge in [0.05, 0.1) is 66.5 Å². The maximum atomic E-state index is 11.9. The molecule has 0 bridgehead atoms. The molecule has 5 fully saturated rings. The van der Waals surface area contributed by atoms with E-state index in [1.807, 2.05) is 20.8 Å². The van der Waals surface area contributed by atoms with Gasteiger partial charge in [0.25, 0.3) is 0 Å². The van der Waals surface area contributed by atoms with E-state index in [9.17, 15) is 30.0 Å². The van der Waals surface area contributed by atoms with Gasteiger partial charge in [0.1, 0.15) is 6.61 Å². The lowest BCUT2D eigenvalue weighted by Crippen LogP contribution is -2.57. The normalized spacial score (nSPS) is 47.7. The second-order valence-corrected chi connectivity index (χ2v) is 16.9. The number of rotatable bonds is 13. The topological polar surface area (TPSA) is 180 Å². The average molecular weight is 729 g/mol. The zero-order valence-corrected chi connectivity index (χ0v) is 32.0. The molecule has 5 saturated heterocycles. The highest BCUT2D eigenvalue weighted by Gasteiger charge is 2.62. The fraction of sp³-hybridized carbons (Fsp3) is 0.947. The van der Waals surface area contributed by atoms with E-state index < -0.39 is 72.2 Å².